The Hall–Kier alpha value is -3.71. The monoisotopic (exact) mass is 539 g/mol. The second-order valence-electron chi connectivity index (χ2n) is 10.7. The fourth-order valence-corrected chi connectivity index (χ4v) is 5.94. The zero-order chi connectivity index (χ0) is 28.6. The van der Waals surface area contributed by atoms with Crippen LogP contribution in [0.5, 0.6) is 0 Å². The maximum absolute atomic E-state index is 4.76. The van der Waals surface area contributed by atoms with Gasteiger partial charge in [-0.15, -0.1) is 0 Å². The van der Waals surface area contributed by atoms with Crippen LogP contribution in [0.4, 0.5) is 11.6 Å². The van der Waals surface area contributed by atoms with E-state index < -0.39 is 0 Å². The molecular formula is C33H45N7. The van der Waals surface area contributed by atoms with Crippen molar-refractivity contribution in [2.24, 2.45) is 0 Å². The lowest BCUT2D eigenvalue weighted by atomic mass is 9.83. The average molecular weight is 540 g/mol. The van der Waals surface area contributed by atoms with E-state index in [-0.39, 0.29) is 0 Å². The van der Waals surface area contributed by atoms with E-state index in [1.807, 2.05) is 6.20 Å². The zero-order valence-electron chi connectivity index (χ0n) is 25.3. The van der Waals surface area contributed by atoms with Gasteiger partial charge in [-0.3, -0.25) is 0 Å². The number of aromatic amines is 1. The van der Waals surface area contributed by atoms with Crippen molar-refractivity contribution < 1.29 is 0 Å². The third kappa shape index (κ3) is 7.07. The molecule has 0 aliphatic carbocycles. The van der Waals surface area contributed by atoms with Crippen molar-refractivity contribution in [3.8, 4) is 0 Å². The Balaban J connectivity index is 1.75. The fourth-order valence-electron chi connectivity index (χ4n) is 5.94. The van der Waals surface area contributed by atoms with Crippen LogP contribution in [0.15, 0.2) is 36.8 Å². The number of nitrogens with one attached hydrogen (secondary N) is 4. The standard InChI is InChI=1S/C33H45N7/c1-8-26-29(17-34-15-25-16-35-20-38-25)27(9-2)31(19-37-33-14-22(5)12-24(7)40-33)28(10-3)30(26)18-36-32-13-21(4)11-23(6)39-32/h11-14,16,20,34H,8-10,15,17-19H2,1-7H3,(H,35,38)(H,36,39)(H,37,40). The van der Waals surface area contributed by atoms with Gasteiger partial charge in [-0.05, 0) is 116 Å². The number of anilines is 2. The van der Waals surface area contributed by atoms with Gasteiger partial charge in [0.2, 0.25) is 0 Å². The van der Waals surface area contributed by atoms with E-state index in [2.05, 4.69) is 98.6 Å². The molecule has 0 saturated carbocycles. The maximum atomic E-state index is 4.76. The Morgan fingerprint density at radius 3 is 1.48 bits per heavy atom. The number of aryl methyl sites for hydroxylation is 4. The number of hydrogen-bond donors (Lipinski definition) is 4. The molecule has 40 heavy (non-hydrogen) atoms. The lowest BCUT2D eigenvalue weighted by molar-refractivity contribution is 0.669. The topological polar surface area (TPSA) is 90.5 Å². The Labute approximate surface area is 239 Å². The van der Waals surface area contributed by atoms with Gasteiger partial charge in [0.1, 0.15) is 11.6 Å². The van der Waals surface area contributed by atoms with E-state index in [9.17, 15) is 0 Å². The van der Waals surface area contributed by atoms with E-state index in [1.165, 1.54) is 44.5 Å². The summed E-state index contributed by atoms with van der Waals surface area (Å²) in [6.07, 6.45) is 6.54. The third-order valence-electron chi connectivity index (χ3n) is 7.51. The van der Waals surface area contributed by atoms with Gasteiger partial charge in [-0.25, -0.2) is 15.0 Å². The Morgan fingerprint density at radius 2 is 1.07 bits per heavy atom. The first-order valence-corrected chi connectivity index (χ1v) is 14.6. The van der Waals surface area contributed by atoms with E-state index >= 15 is 0 Å². The number of hydrogen-bond acceptors (Lipinski definition) is 6. The van der Waals surface area contributed by atoms with Crippen molar-refractivity contribution in [1.29, 1.82) is 0 Å². The molecule has 4 N–H and O–H groups in total. The average Bonchev–Trinajstić information content (AvgIpc) is 3.43. The van der Waals surface area contributed by atoms with E-state index in [1.54, 1.807) is 6.33 Å². The smallest absolute Gasteiger partial charge is 0.126 e. The van der Waals surface area contributed by atoms with Gasteiger partial charge in [-0.1, -0.05) is 20.8 Å². The van der Waals surface area contributed by atoms with Crippen LogP contribution in [-0.4, -0.2) is 19.9 Å². The van der Waals surface area contributed by atoms with Crippen molar-refractivity contribution in [1.82, 2.24) is 25.3 Å². The van der Waals surface area contributed by atoms with Gasteiger partial charge < -0.3 is 20.9 Å². The van der Waals surface area contributed by atoms with Crippen molar-refractivity contribution in [2.45, 2.75) is 93.9 Å². The highest BCUT2D eigenvalue weighted by atomic mass is 15.0. The summed E-state index contributed by atoms with van der Waals surface area (Å²) in [7, 11) is 0. The predicted octanol–water partition coefficient (Wildman–Crippen LogP) is 6.63. The molecule has 0 unspecified atom stereocenters. The molecule has 0 aliphatic heterocycles. The van der Waals surface area contributed by atoms with E-state index in [0.717, 1.165) is 74.2 Å². The molecule has 0 aliphatic rings. The first-order chi connectivity index (χ1) is 19.3. The first-order valence-electron chi connectivity index (χ1n) is 14.6. The highest BCUT2D eigenvalue weighted by molar-refractivity contribution is 5.55. The predicted molar refractivity (Wildman–Crippen MR) is 166 cm³/mol. The number of rotatable bonds is 13. The fraction of sp³-hybridized carbons (Fsp3) is 0.424. The van der Waals surface area contributed by atoms with Gasteiger partial charge in [-0.2, -0.15) is 0 Å². The molecule has 7 nitrogen and oxygen atoms in total. The van der Waals surface area contributed by atoms with Crippen molar-refractivity contribution in [2.75, 3.05) is 10.6 Å². The molecule has 212 valence electrons. The molecule has 0 fully saturated rings. The Bertz CT molecular complexity index is 1300. The number of pyridine rings is 2. The van der Waals surface area contributed by atoms with E-state index in [4.69, 9.17) is 9.97 Å². The summed E-state index contributed by atoms with van der Waals surface area (Å²) in [5, 5.41) is 11.0. The molecule has 0 bridgehead atoms. The van der Waals surface area contributed by atoms with Crippen LogP contribution >= 0.6 is 0 Å². The lowest BCUT2D eigenvalue weighted by Crippen LogP contribution is -2.22. The Kier molecular flexibility index (Phi) is 9.93. The molecule has 4 rings (SSSR count). The summed E-state index contributed by atoms with van der Waals surface area (Å²) >= 11 is 0. The summed E-state index contributed by atoms with van der Waals surface area (Å²) in [4.78, 5) is 16.9. The van der Waals surface area contributed by atoms with Crippen LogP contribution in [-0.2, 0) is 45.4 Å². The normalized spacial score (nSPS) is 11.2. The summed E-state index contributed by atoms with van der Waals surface area (Å²) in [5.41, 5.74) is 14.1. The molecule has 0 saturated heterocycles. The number of nitrogens with zero attached hydrogens (tertiary/aromatic N) is 3. The molecule has 0 atom stereocenters. The first kappa shape index (κ1) is 29.3. The van der Waals surface area contributed by atoms with Crippen LogP contribution < -0.4 is 16.0 Å². The van der Waals surface area contributed by atoms with Crippen molar-refractivity contribution >= 4 is 11.6 Å². The summed E-state index contributed by atoms with van der Waals surface area (Å²) in [6.45, 7) is 18.2. The van der Waals surface area contributed by atoms with Crippen LogP contribution in [0.3, 0.4) is 0 Å². The van der Waals surface area contributed by atoms with Crippen LogP contribution in [0.1, 0.15) is 82.4 Å². The van der Waals surface area contributed by atoms with Crippen LogP contribution in [0, 0.1) is 27.7 Å². The summed E-state index contributed by atoms with van der Waals surface area (Å²) in [6, 6.07) is 8.49. The van der Waals surface area contributed by atoms with Gasteiger partial charge in [0.15, 0.2) is 0 Å². The molecular weight excluding hydrogens is 494 g/mol. The highest BCUT2D eigenvalue weighted by Crippen LogP contribution is 2.32. The number of aromatic nitrogens is 4. The maximum Gasteiger partial charge on any atom is 0.126 e. The minimum absolute atomic E-state index is 0.745. The van der Waals surface area contributed by atoms with Gasteiger partial charge in [0.25, 0.3) is 0 Å². The third-order valence-corrected chi connectivity index (χ3v) is 7.51. The van der Waals surface area contributed by atoms with Gasteiger partial charge in [0.05, 0.1) is 6.33 Å². The van der Waals surface area contributed by atoms with Gasteiger partial charge >= 0.3 is 0 Å². The highest BCUT2D eigenvalue weighted by Gasteiger charge is 2.21. The molecule has 0 amide bonds. The zero-order valence-corrected chi connectivity index (χ0v) is 25.3. The van der Waals surface area contributed by atoms with Gasteiger partial charge in [0, 0.05) is 49.5 Å². The number of imidazole rings is 1. The number of benzene rings is 1. The second-order valence-corrected chi connectivity index (χ2v) is 10.7. The molecule has 0 spiro atoms. The van der Waals surface area contributed by atoms with Crippen LogP contribution in [0.25, 0.3) is 0 Å². The molecule has 1 aromatic carbocycles. The summed E-state index contributed by atoms with van der Waals surface area (Å²) in [5.74, 6) is 1.86. The van der Waals surface area contributed by atoms with Crippen LogP contribution in [0.2, 0.25) is 0 Å². The quantitative estimate of drug-likeness (QED) is 0.152. The Morgan fingerprint density at radius 1 is 0.600 bits per heavy atom. The molecule has 4 aromatic rings. The second kappa shape index (κ2) is 13.6. The minimum Gasteiger partial charge on any atom is -0.366 e. The minimum atomic E-state index is 0.745. The molecule has 0 radical (unpaired) electrons. The molecule has 3 heterocycles. The lowest BCUT2D eigenvalue weighted by Gasteiger charge is -2.27. The number of H-pyrrole nitrogens is 1. The van der Waals surface area contributed by atoms with Crippen molar-refractivity contribution in [3.05, 3.63) is 98.4 Å². The van der Waals surface area contributed by atoms with E-state index in [0.29, 0.717) is 0 Å². The summed E-state index contributed by atoms with van der Waals surface area (Å²) < 4.78 is 0. The SMILES string of the molecule is CCc1c(CNCc2cnc[nH]2)c(CC)c(CNc2cc(C)cc(C)n2)c(CC)c1CNc1cc(C)cc(C)n1. The largest absolute Gasteiger partial charge is 0.366 e. The molecule has 3 aromatic heterocycles. The van der Waals surface area contributed by atoms with Crippen molar-refractivity contribution in [3.63, 3.8) is 0 Å². The molecule has 7 heteroatoms.